The van der Waals surface area contributed by atoms with Gasteiger partial charge in [0.05, 0.1) is 5.43 Å². The van der Waals surface area contributed by atoms with Crippen LogP contribution in [-0.2, 0) is 0 Å². The molecule has 0 N–H and O–H groups in total. The summed E-state index contributed by atoms with van der Waals surface area (Å²) in [5, 5.41) is 1.37. The van der Waals surface area contributed by atoms with Crippen LogP contribution >= 0.6 is 8.19 Å². The third-order valence-electron chi connectivity index (χ3n) is 2.03. The minimum absolute atomic E-state index is 0.759. The Balaban J connectivity index is 2.41. The van der Waals surface area contributed by atoms with E-state index >= 15 is 0 Å². The topological polar surface area (TPSA) is 12.9 Å². The summed E-state index contributed by atoms with van der Waals surface area (Å²) in [7, 11) is 0.759. The first-order valence-electron chi connectivity index (χ1n) is 4.34. The maximum Gasteiger partial charge on any atom is 0.0861 e. The summed E-state index contributed by atoms with van der Waals surface area (Å²) in [6.07, 6.45) is 1.97. The fourth-order valence-corrected chi connectivity index (χ4v) is 2.21. The molecule has 1 aromatic heterocycles. The van der Waals surface area contributed by atoms with Gasteiger partial charge in [0.15, 0.2) is 0 Å². The summed E-state index contributed by atoms with van der Waals surface area (Å²) in [5.74, 6) is 0. The van der Waals surface area contributed by atoms with Crippen molar-refractivity contribution in [2.24, 2.45) is 0 Å². The molecule has 2 heteroatoms. The van der Waals surface area contributed by atoms with Gasteiger partial charge >= 0.3 is 0 Å². The molecule has 1 atom stereocenters. The molecule has 0 aliphatic carbocycles. The fourth-order valence-electron chi connectivity index (χ4n) is 1.27. The summed E-state index contributed by atoms with van der Waals surface area (Å²) < 4.78 is 0. The van der Waals surface area contributed by atoms with Crippen molar-refractivity contribution in [3.8, 4) is 11.0 Å². The van der Waals surface area contributed by atoms with Gasteiger partial charge in [0.2, 0.25) is 0 Å². The highest BCUT2D eigenvalue weighted by atomic mass is 31.0. The van der Waals surface area contributed by atoms with E-state index in [0.717, 1.165) is 8.19 Å². The zero-order valence-corrected chi connectivity index (χ0v) is 8.83. The van der Waals surface area contributed by atoms with Crippen LogP contribution in [-0.4, -0.2) is 4.98 Å². The smallest absolute Gasteiger partial charge is 0.0861 e. The van der Waals surface area contributed by atoms with Gasteiger partial charge in [-0.1, -0.05) is 29.8 Å². The van der Waals surface area contributed by atoms with Crippen LogP contribution in [0.4, 0.5) is 0 Å². The van der Waals surface area contributed by atoms with E-state index in [0.29, 0.717) is 0 Å². The van der Waals surface area contributed by atoms with Crippen molar-refractivity contribution < 1.29 is 0 Å². The second-order valence-electron chi connectivity index (χ2n) is 3.28. The van der Waals surface area contributed by atoms with E-state index in [9.17, 15) is 0 Å². The number of aryl methyl sites for hydroxylation is 2. The van der Waals surface area contributed by atoms with Crippen LogP contribution in [0.25, 0.3) is 11.0 Å². The van der Waals surface area contributed by atoms with Crippen molar-refractivity contribution in [3.63, 3.8) is 0 Å². The number of aromatic nitrogens is 1. The maximum atomic E-state index is 4.38. The van der Waals surface area contributed by atoms with Crippen LogP contribution in [0, 0.1) is 13.8 Å². The summed E-state index contributed by atoms with van der Waals surface area (Å²) in [6, 6.07) is 8.56. The quantitative estimate of drug-likeness (QED) is 0.670. The van der Waals surface area contributed by atoms with Gasteiger partial charge in [-0.2, -0.15) is 0 Å². The first-order valence-corrected chi connectivity index (χ1v) is 5.34. The molecule has 1 heterocycles. The highest BCUT2D eigenvalue weighted by molar-refractivity contribution is 7.34. The van der Waals surface area contributed by atoms with Gasteiger partial charge in [0.25, 0.3) is 0 Å². The zero-order chi connectivity index (χ0) is 9.26. The SMILES string of the molecule is Cc1ccc(-c2ncc(C)[pH]2)cc1. The van der Waals surface area contributed by atoms with E-state index < -0.39 is 0 Å². The lowest BCUT2D eigenvalue weighted by molar-refractivity contribution is 1.37. The van der Waals surface area contributed by atoms with Crippen LogP contribution in [0.1, 0.15) is 10.9 Å². The minimum Gasteiger partial charge on any atom is -0.252 e. The van der Waals surface area contributed by atoms with Crippen LogP contribution in [0.15, 0.2) is 30.5 Å². The summed E-state index contributed by atoms with van der Waals surface area (Å²) >= 11 is 0. The predicted molar refractivity (Wildman–Crippen MR) is 58.6 cm³/mol. The predicted octanol–water partition coefficient (Wildman–Crippen LogP) is 3.40. The van der Waals surface area contributed by atoms with E-state index in [4.69, 9.17) is 0 Å². The lowest BCUT2D eigenvalue weighted by Crippen LogP contribution is -1.75. The van der Waals surface area contributed by atoms with Gasteiger partial charge in [-0.3, -0.25) is 4.98 Å². The third-order valence-corrected chi connectivity index (χ3v) is 3.21. The number of nitrogens with zero attached hydrogens (tertiary/aromatic N) is 1. The van der Waals surface area contributed by atoms with Gasteiger partial charge in [0, 0.05) is 11.8 Å². The molecular formula is C11H12NP. The Kier molecular flexibility index (Phi) is 2.20. The summed E-state index contributed by atoms with van der Waals surface area (Å²) in [4.78, 5) is 4.38. The second kappa shape index (κ2) is 3.35. The molecule has 0 fully saturated rings. The van der Waals surface area contributed by atoms with Gasteiger partial charge in [-0.15, -0.1) is 8.19 Å². The van der Waals surface area contributed by atoms with Crippen molar-refractivity contribution in [1.82, 2.24) is 4.98 Å². The first-order chi connectivity index (χ1) is 6.25. The molecule has 0 radical (unpaired) electrons. The molecule has 0 amide bonds. The molecule has 0 saturated carbocycles. The van der Waals surface area contributed by atoms with Crippen molar-refractivity contribution in [2.75, 3.05) is 0 Å². The van der Waals surface area contributed by atoms with Crippen molar-refractivity contribution >= 4 is 8.19 Å². The largest absolute Gasteiger partial charge is 0.252 e. The van der Waals surface area contributed by atoms with Crippen LogP contribution in [0.5, 0.6) is 0 Å². The monoisotopic (exact) mass is 189 g/mol. The molecule has 66 valence electrons. The average Bonchev–Trinajstić information content (AvgIpc) is 2.53. The molecular weight excluding hydrogens is 177 g/mol. The van der Waals surface area contributed by atoms with Crippen molar-refractivity contribution in [3.05, 3.63) is 41.3 Å². The Bertz CT molecular complexity index is 400. The Morgan fingerprint density at radius 2 is 1.77 bits per heavy atom. The van der Waals surface area contributed by atoms with E-state index in [1.807, 2.05) is 6.20 Å². The summed E-state index contributed by atoms with van der Waals surface area (Å²) in [6.45, 7) is 4.23. The molecule has 2 rings (SSSR count). The fraction of sp³-hybridized carbons (Fsp3) is 0.182. The maximum absolute atomic E-state index is 4.38. The molecule has 13 heavy (non-hydrogen) atoms. The molecule has 0 spiro atoms. The Morgan fingerprint density at radius 3 is 2.31 bits per heavy atom. The Labute approximate surface area is 79.9 Å². The van der Waals surface area contributed by atoms with E-state index in [1.54, 1.807) is 0 Å². The number of benzene rings is 1. The lowest BCUT2D eigenvalue weighted by Gasteiger charge is -1.96. The zero-order valence-electron chi connectivity index (χ0n) is 7.83. The minimum atomic E-state index is 0.759. The van der Waals surface area contributed by atoms with Gasteiger partial charge in [0.1, 0.15) is 0 Å². The van der Waals surface area contributed by atoms with Crippen LogP contribution in [0.2, 0.25) is 0 Å². The number of rotatable bonds is 1. The molecule has 1 aromatic carbocycles. The molecule has 0 aliphatic rings. The van der Waals surface area contributed by atoms with E-state index in [2.05, 4.69) is 43.1 Å². The van der Waals surface area contributed by atoms with Gasteiger partial charge < -0.3 is 0 Å². The van der Waals surface area contributed by atoms with Crippen molar-refractivity contribution in [2.45, 2.75) is 13.8 Å². The Morgan fingerprint density at radius 1 is 1.08 bits per heavy atom. The molecule has 1 unspecified atom stereocenters. The van der Waals surface area contributed by atoms with Crippen LogP contribution < -0.4 is 0 Å². The molecule has 0 aliphatic heterocycles. The molecule has 2 aromatic rings. The summed E-state index contributed by atoms with van der Waals surface area (Å²) in [5.41, 5.74) is 3.78. The molecule has 1 nitrogen and oxygen atoms in total. The first kappa shape index (κ1) is 8.52. The Hall–Kier alpha value is -1.07. The van der Waals surface area contributed by atoms with Crippen molar-refractivity contribution in [1.29, 1.82) is 0 Å². The van der Waals surface area contributed by atoms with E-state index in [1.165, 1.54) is 21.8 Å². The standard InChI is InChI=1S/C11H12NP/c1-8-3-5-10(6-4-8)11-12-7-9(2)13-11/h3-7,13H,1-2H3. The third kappa shape index (κ3) is 1.81. The number of hydrogen-bond acceptors (Lipinski definition) is 1. The highest BCUT2D eigenvalue weighted by Gasteiger charge is 1.99. The van der Waals surface area contributed by atoms with Crippen LogP contribution in [0.3, 0.4) is 0 Å². The number of hydrogen-bond donors (Lipinski definition) is 0. The lowest BCUT2D eigenvalue weighted by atomic mass is 10.2. The molecule has 0 saturated heterocycles. The van der Waals surface area contributed by atoms with E-state index in [-0.39, 0.29) is 0 Å². The van der Waals surface area contributed by atoms with Gasteiger partial charge in [-0.05, 0) is 19.1 Å². The molecule has 0 bridgehead atoms. The highest BCUT2D eigenvalue weighted by Crippen LogP contribution is 2.28. The normalized spacial score (nSPS) is 10.9. The van der Waals surface area contributed by atoms with Gasteiger partial charge in [-0.25, -0.2) is 0 Å². The average molecular weight is 189 g/mol. The second-order valence-corrected chi connectivity index (χ2v) is 4.79.